The highest BCUT2D eigenvalue weighted by Gasteiger charge is 2.21. The summed E-state index contributed by atoms with van der Waals surface area (Å²) in [4.78, 5) is 14.6. The molecule has 4 nitrogen and oxygen atoms in total. The van der Waals surface area contributed by atoms with Crippen molar-refractivity contribution >= 4 is 33.6 Å². The molecular weight excluding hydrogens is 304 g/mol. The first kappa shape index (κ1) is 14.3. The largest absolute Gasteiger partial charge is 0.383 e. The number of hydrogen-bond donors (Lipinski definition) is 1. The van der Waals surface area contributed by atoms with Crippen LogP contribution in [0.25, 0.3) is 21.5 Å². The zero-order valence-electron chi connectivity index (χ0n) is 13.0. The predicted molar refractivity (Wildman–Crippen MR) is 97.4 cm³/mol. The molecule has 2 N–H and O–H groups in total. The molecule has 4 rings (SSSR count). The van der Waals surface area contributed by atoms with Gasteiger partial charge in [-0.2, -0.15) is 0 Å². The molecule has 1 fully saturated rings. The Bertz CT molecular complexity index is 893. The Morgan fingerprint density at radius 1 is 1.30 bits per heavy atom. The van der Waals surface area contributed by atoms with Crippen LogP contribution in [0.3, 0.4) is 0 Å². The van der Waals surface area contributed by atoms with E-state index in [4.69, 9.17) is 10.7 Å². The lowest BCUT2D eigenvalue weighted by Crippen LogP contribution is -2.06. The molecule has 23 heavy (non-hydrogen) atoms. The molecule has 3 heterocycles. The third-order valence-electron chi connectivity index (χ3n) is 4.41. The van der Waals surface area contributed by atoms with Crippen LogP contribution >= 0.6 is 11.3 Å². The fourth-order valence-electron chi connectivity index (χ4n) is 2.87. The monoisotopic (exact) mass is 322 g/mol. The second kappa shape index (κ2) is 5.74. The molecule has 1 aliphatic rings. The lowest BCUT2D eigenvalue weighted by atomic mass is 9.84. The molecule has 3 aromatic heterocycles. The maximum absolute atomic E-state index is 5.88. The van der Waals surface area contributed by atoms with Crippen molar-refractivity contribution in [1.29, 1.82) is 0 Å². The number of thiophene rings is 1. The summed E-state index contributed by atoms with van der Waals surface area (Å²) >= 11 is 1.88. The van der Waals surface area contributed by atoms with E-state index in [1.54, 1.807) is 19.5 Å². The number of aromatic nitrogens is 2. The number of hydrogen-bond acceptors (Lipinski definition) is 5. The third-order valence-corrected chi connectivity index (χ3v) is 5.67. The first-order valence-electron chi connectivity index (χ1n) is 7.83. The second-order valence-electron chi connectivity index (χ2n) is 5.94. The van der Waals surface area contributed by atoms with Crippen LogP contribution in [0.5, 0.6) is 0 Å². The van der Waals surface area contributed by atoms with E-state index in [0.717, 1.165) is 28.3 Å². The molecule has 1 saturated carbocycles. The molecule has 116 valence electrons. The van der Waals surface area contributed by atoms with Crippen LogP contribution in [-0.4, -0.2) is 23.2 Å². The SMILES string of the molecule is CN=Cc1cc(-c2ccc3sc(C4CCC4)cc3n2)cnc1N. The Labute approximate surface area is 139 Å². The summed E-state index contributed by atoms with van der Waals surface area (Å²) in [6, 6.07) is 8.47. The van der Waals surface area contributed by atoms with Gasteiger partial charge in [0.25, 0.3) is 0 Å². The number of nitrogens with zero attached hydrogens (tertiary/aromatic N) is 3. The highest BCUT2D eigenvalue weighted by atomic mass is 32.1. The summed E-state index contributed by atoms with van der Waals surface area (Å²) in [5, 5.41) is 0. The van der Waals surface area contributed by atoms with Crippen LogP contribution in [0, 0.1) is 0 Å². The van der Waals surface area contributed by atoms with Gasteiger partial charge in [0.15, 0.2) is 0 Å². The van der Waals surface area contributed by atoms with Crippen LogP contribution in [0.1, 0.15) is 35.6 Å². The summed E-state index contributed by atoms with van der Waals surface area (Å²) < 4.78 is 1.26. The Morgan fingerprint density at radius 2 is 2.17 bits per heavy atom. The molecule has 0 aromatic carbocycles. The minimum atomic E-state index is 0.489. The van der Waals surface area contributed by atoms with Gasteiger partial charge in [0.1, 0.15) is 5.82 Å². The van der Waals surface area contributed by atoms with E-state index < -0.39 is 0 Å². The zero-order chi connectivity index (χ0) is 15.8. The Kier molecular flexibility index (Phi) is 3.58. The second-order valence-corrected chi connectivity index (χ2v) is 7.06. The molecule has 0 aliphatic heterocycles. The van der Waals surface area contributed by atoms with Crippen molar-refractivity contribution in [3.05, 3.63) is 40.9 Å². The molecule has 0 saturated heterocycles. The van der Waals surface area contributed by atoms with E-state index >= 15 is 0 Å². The molecule has 1 aliphatic carbocycles. The first-order chi connectivity index (χ1) is 11.2. The summed E-state index contributed by atoms with van der Waals surface area (Å²) in [5.41, 5.74) is 9.68. The number of nitrogens with two attached hydrogens (primary N) is 1. The van der Waals surface area contributed by atoms with Gasteiger partial charge < -0.3 is 5.73 Å². The fourth-order valence-corrected chi connectivity index (χ4v) is 4.04. The third kappa shape index (κ3) is 2.61. The average molecular weight is 322 g/mol. The quantitative estimate of drug-likeness (QED) is 0.733. The van der Waals surface area contributed by atoms with Gasteiger partial charge in [0, 0.05) is 35.5 Å². The van der Waals surface area contributed by atoms with Crippen LogP contribution in [0.2, 0.25) is 0 Å². The number of pyridine rings is 2. The molecule has 0 atom stereocenters. The molecule has 3 aromatic rings. The maximum atomic E-state index is 5.88. The van der Waals surface area contributed by atoms with Crippen molar-refractivity contribution in [2.24, 2.45) is 4.99 Å². The highest BCUT2D eigenvalue weighted by Crippen LogP contribution is 2.41. The van der Waals surface area contributed by atoms with Gasteiger partial charge >= 0.3 is 0 Å². The number of aliphatic imine (C=N–C) groups is 1. The normalized spacial score (nSPS) is 15.3. The lowest BCUT2D eigenvalue weighted by molar-refractivity contribution is 0.426. The highest BCUT2D eigenvalue weighted by molar-refractivity contribution is 7.19. The Balaban J connectivity index is 1.75. The first-order valence-corrected chi connectivity index (χ1v) is 8.65. The van der Waals surface area contributed by atoms with Crippen LogP contribution in [0.4, 0.5) is 5.82 Å². The summed E-state index contributed by atoms with van der Waals surface area (Å²) in [5.74, 6) is 1.24. The Hall–Kier alpha value is -2.27. The van der Waals surface area contributed by atoms with Gasteiger partial charge in [-0.05, 0) is 43.0 Å². The summed E-state index contributed by atoms with van der Waals surface area (Å²) in [7, 11) is 1.73. The maximum Gasteiger partial charge on any atom is 0.132 e. The van der Waals surface area contributed by atoms with E-state index in [0.29, 0.717) is 5.82 Å². The Morgan fingerprint density at radius 3 is 2.91 bits per heavy atom. The van der Waals surface area contributed by atoms with Crippen LogP contribution < -0.4 is 5.73 Å². The van der Waals surface area contributed by atoms with Gasteiger partial charge in [-0.25, -0.2) is 9.97 Å². The predicted octanol–water partition coefficient (Wildman–Crippen LogP) is 4.26. The molecule has 5 heteroatoms. The van der Waals surface area contributed by atoms with Crippen molar-refractivity contribution in [1.82, 2.24) is 9.97 Å². The molecule has 0 spiro atoms. The van der Waals surface area contributed by atoms with Crippen molar-refractivity contribution in [3.8, 4) is 11.3 Å². The standard InChI is InChI=1S/C18H18N4S/c1-20-9-13-7-12(10-21-18(13)19)14-5-6-16-15(22-14)8-17(23-16)11-3-2-4-11/h5-11H,2-4H2,1H3,(H2,19,21). The minimum Gasteiger partial charge on any atom is -0.383 e. The van der Waals surface area contributed by atoms with Gasteiger partial charge in [-0.15, -0.1) is 11.3 Å². The van der Waals surface area contributed by atoms with Gasteiger partial charge in [-0.1, -0.05) is 6.42 Å². The van der Waals surface area contributed by atoms with E-state index in [2.05, 4.69) is 28.2 Å². The van der Waals surface area contributed by atoms with Crippen molar-refractivity contribution in [2.75, 3.05) is 12.8 Å². The van der Waals surface area contributed by atoms with Crippen molar-refractivity contribution < 1.29 is 0 Å². The van der Waals surface area contributed by atoms with Gasteiger partial charge in [0.2, 0.25) is 0 Å². The number of rotatable bonds is 3. The van der Waals surface area contributed by atoms with E-state index in [1.165, 1.54) is 28.8 Å². The van der Waals surface area contributed by atoms with Crippen molar-refractivity contribution in [2.45, 2.75) is 25.2 Å². The summed E-state index contributed by atoms with van der Waals surface area (Å²) in [6.45, 7) is 0. The topological polar surface area (TPSA) is 64.2 Å². The zero-order valence-corrected chi connectivity index (χ0v) is 13.8. The van der Waals surface area contributed by atoms with Crippen LogP contribution in [0.15, 0.2) is 35.5 Å². The number of anilines is 1. The lowest BCUT2D eigenvalue weighted by Gasteiger charge is -2.23. The molecule has 0 unspecified atom stereocenters. The molecule has 0 radical (unpaired) electrons. The molecule has 0 amide bonds. The van der Waals surface area contributed by atoms with Crippen LogP contribution in [-0.2, 0) is 0 Å². The average Bonchev–Trinajstić information content (AvgIpc) is 2.90. The van der Waals surface area contributed by atoms with E-state index in [9.17, 15) is 0 Å². The van der Waals surface area contributed by atoms with E-state index in [-0.39, 0.29) is 0 Å². The van der Waals surface area contributed by atoms with E-state index in [1.807, 2.05) is 17.4 Å². The minimum absolute atomic E-state index is 0.489. The van der Waals surface area contributed by atoms with Crippen molar-refractivity contribution in [3.63, 3.8) is 0 Å². The molecular formula is C18H18N4S. The number of nitrogen functional groups attached to an aromatic ring is 1. The number of fused-ring (bicyclic) bond motifs is 1. The summed E-state index contributed by atoms with van der Waals surface area (Å²) in [6.07, 6.45) is 7.50. The van der Waals surface area contributed by atoms with Gasteiger partial charge in [0.05, 0.1) is 15.9 Å². The van der Waals surface area contributed by atoms with Gasteiger partial charge in [-0.3, -0.25) is 4.99 Å². The smallest absolute Gasteiger partial charge is 0.132 e. The molecule has 0 bridgehead atoms. The fraction of sp³-hybridized carbons (Fsp3) is 0.278.